The van der Waals surface area contributed by atoms with Crippen LogP contribution in [0.15, 0.2) is 0 Å². The van der Waals surface area contributed by atoms with Gasteiger partial charge in [0, 0.05) is 5.88 Å². The highest BCUT2D eigenvalue weighted by Crippen LogP contribution is 2.27. The second kappa shape index (κ2) is 5.82. The van der Waals surface area contributed by atoms with E-state index in [0.29, 0.717) is 5.92 Å². The van der Waals surface area contributed by atoms with E-state index in [0.717, 1.165) is 11.8 Å². The summed E-state index contributed by atoms with van der Waals surface area (Å²) in [7, 11) is 0. The smallest absolute Gasteiger partial charge is 0.0249 e. The molecule has 1 saturated carbocycles. The first kappa shape index (κ1) is 10.3. The molecular weight excluding hydrogens is 170 g/mol. The first-order valence-electron chi connectivity index (χ1n) is 5.09. The van der Waals surface area contributed by atoms with Gasteiger partial charge in [-0.15, -0.1) is 11.6 Å². The van der Waals surface area contributed by atoms with Gasteiger partial charge in [0.2, 0.25) is 0 Å². The Morgan fingerprint density at radius 2 is 2.25 bits per heavy atom. The molecule has 1 fully saturated rings. The van der Waals surface area contributed by atoms with Gasteiger partial charge in [0.25, 0.3) is 0 Å². The number of rotatable bonds is 7. The van der Waals surface area contributed by atoms with Gasteiger partial charge in [-0.1, -0.05) is 6.92 Å². The van der Waals surface area contributed by atoms with Crippen molar-refractivity contribution in [1.82, 2.24) is 5.32 Å². The quantitative estimate of drug-likeness (QED) is 0.480. The van der Waals surface area contributed by atoms with Crippen LogP contribution in [0.25, 0.3) is 0 Å². The zero-order valence-electron chi connectivity index (χ0n) is 7.98. The summed E-state index contributed by atoms with van der Waals surface area (Å²) in [6, 6.07) is 0. The summed E-state index contributed by atoms with van der Waals surface area (Å²) in [4.78, 5) is 0. The Morgan fingerprint density at radius 1 is 1.50 bits per heavy atom. The highest BCUT2D eigenvalue weighted by Gasteiger charge is 2.19. The highest BCUT2D eigenvalue weighted by atomic mass is 35.5. The van der Waals surface area contributed by atoms with E-state index in [1.54, 1.807) is 0 Å². The van der Waals surface area contributed by atoms with Crippen LogP contribution in [0.4, 0.5) is 0 Å². The summed E-state index contributed by atoms with van der Waals surface area (Å²) in [6.45, 7) is 4.64. The molecule has 1 unspecified atom stereocenters. The third-order valence-corrected chi connectivity index (χ3v) is 2.97. The zero-order chi connectivity index (χ0) is 8.81. The lowest BCUT2D eigenvalue weighted by Crippen LogP contribution is -2.18. The van der Waals surface area contributed by atoms with Gasteiger partial charge < -0.3 is 5.32 Å². The molecule has 0 heterocycles. The van der Waals surface area contributed by atoms with Crippen LogP contribution < -0.4 is 5.32 Å². The van der Waals surface area contributed by atoms with Crippen LogP contribution in [0.2, 0.25) is 0 Å². The van der Waals surface area contributed by atoms with Crippen LogP contribution >= 0.6 is 11.6 Å². The molecule has 1 nitrogen and oxygen atoms in total. The van der Waals surface area contributed by atoms with E-state index in [-0.39, 0.29) is 0 Å². The number of hydrogen-bond acceptors (Lipinski definition) is 1. The van der Waals surface area contributed by atoms with Crippen molar-refractivity contribution in [3.63, 3.8) is 0 Å². The highest BCUT2D eigenvalue weighted by molar-refractivity contribution is 6.18. The molecule has 0 aromatic carbocycles. The van der Waals surface area contributed by atoms with Gasteiger partial charge in [0.15, 0.2) is 0 Å². The number of hydrogen-bond donors (Lipinski definition) is 1. The fraction of sp³-hybridized carbons (Fsp3) is 1.00. The zero-order valence-corrected chi connectivity index (χ0v) is 8.74. The second-order valence-corrected chi connectivity index (χ2v) is 4.36. The minimum atomic E-state index is 0.689. The SMILES string of the molecule is CC(CCl)CCCNCC1CC1. The Morgan fingerprint density at radius 3 is 2.83 bits per heavy atom. The minimum Gasteiger partial charge on any atom is -0.316 e. The van der Waals surface area contributed by atoms with E-state index in [1.165, 1.54) is 38.8 Å². The summed E-state index contributed by atoms with van der Waals surface area (Å²) in [6.07, 6.45) is 5.44. The normalized spacial score (nSPS) is 19.5. The summed E-state index contributed by atoms with van der Waals surface area (Å²) in [5, 5.41) is 3.48. The van der Waals surface area contributed by atoms with Gasteiger partial charge >= 0.3 is 0 Å². The summed E-state index contributed by atoms with van der Waals surface area (Å²) in [5.74, 6) is 2.51. The summed E-state index contributed by atoms with van der Waals surface area (Å²) >= 11 is 5.70. The maximum absolute atomic E-state index is 5.70. The molecule has 2 heteroatoms. The van der Waals surface area contributed by atoms with Crippen molar-refractivity contribution in [1.29, 1.82) is 0 Å². The third kappa shape index (κ3) is 5.00. The Hall–Kier alpha value is 0.250. The monoisotopic (exact) mass is 189 g/mol. The van der Waals surface area contributed by atoms with Gasteiger partial charge in [-0.25, -0.2) is 0 Å². The third-order valence-electron chi connectivity index (χ3n) is 2.44. The number of nitrogens with one attached hydrogen (secondary N) is 1. The fourth-order valence-electron chi connectivity index (χ4n) is 1.28. The van der Waals surface area contributed by atoms with E-state index in [1.807, 2.05) is 0 Å². The molecule has 1 atom stereocenters. The Bertz CT molecular complexity index is 112. The topological polar surface area (TPSA) is 12.0 Å². The predicted molar refractivity (Wildman–Crippen MR) is 54.7 cm³/mol. The summed E-state index contributed by atoms with van der Waals surface area (Å²) < 4.78 is 0. The van der Waals surface area contributed by atoms with E-state index >= 15 is 0 Å². The van der Waals surface area contributed by atoms with Gasteiger partial charge in [-0.3, -0.25) is 0 Å². The van der Waals surface area contributed by atoms with Gasteiger partial charge in [0.05, 0.1) is 0 Å². The van der Waals surface area contributed by atoms with Gasteiger partial charge in [-0.05, 0) is 50.6 Å². The molecule has 1 aliphatic rings. The molecule has 1 rings (SSSR count). The van der Waals surface area contributed by atoms with Crippen molar-refractivity contribution < 1.29 is 0 Å². The Labute approximate surface area is 80.9 Å². The molecule has 72 valence electrons. The van der Waals surface area contributed by atoms with Crippen LogP contribution in [0.5, 0.6) is 0 Å². The van der Waals surface area contributed by atoms with Crippen molar-refractivity contribution in [2.45, 2.75) is 32.6 Å². The molecule has 0 bridgehead atoms. The fourth-order valence-corrected chi connectivity index (χ4v) is 1.44. The second-order valence-electron chi connectivity index (χ2n) is 4.05. The van der Waals surface area contributed by atoms with Gasteiger partial charge in [-0.2, -0.15) is 0 Å². The average molecular weight is 190 g/mol. The molecule has 0 amide bonds. The Balaban J connectivity index is 1.75. The van der Waals surface area contributed by atoms with Crippen LogP contribution in [0.1, 0.15) is 32.6 Å². The minimum absolute atomic E-state index is 0.689. The molecule has 0 aromatic heterocycles. The lowest BCUT2D eigenvalue weighted by Gasteiger charge is -2.07. The predicted octanol–water partition coefficient (Wildman–Crippen LogP) is 2.64. The molecule has 0 aliphatic heterocycles. The largest absolute Gasteiger partial charge is 0.316 e. The molecular formula is C10H20ClN. The van der Waals surface area contributed by atoms with Crippen LogP contribution in [0.3, 0.4) is 0 Å². The molecule has 0 radical (unpaired) electrons. The van der Waals surface area contributed by atoms with Crippen LogP contribution in [0, 0.1) is 11.8 Å². The maximum atomic E-state index is 5.70. The van der Waals surface area contributed by atoms with Crippen molar-refractivity contribution in [2.75, 3.05) is 19.0 Å². The van der Waals surface area contributed by atoms with E-state index < -0.39 is 0 Å². The van der Waals surface area contributed by atoms with Crippen molar-refractivity contribution in [3.8, 4) is 0 Å². The van der Waals surface area contributed by atoms with Crippen LogP contribution in [-0.2, 0) is 0 Å². The van der Waals surface area contributed by atoms with Crippen molar-refractivity contribution in [3.05, 3.63) is 0 Å². The number of halogens is 1. The Kier molecular flexibility index (Phi) is 5.01. The molecule has 1 aliphatic carbocycles. The standard InChI is InChI=1S/C10H20ClN/c1-9(7-11)3-2-6-12-8-10-4-5-10/h9-10,12H,2-8H2,1H3. The summed E-state index contributed by atoms with van der Waals surface area (Å²) in [5.41, 5.74) is 0. The molecule has 1 N–H and O–H groups in total. The number of alkyl halides is 1. The molecule has 0 aromatic rings. The molecule has 12 heavy (non-hydrogen) atoms. The maximum Gasteiger partial charge on any atom is 0.0249 e. The van der Waals surface area contributed by atoms with Gasteiger partial charge in [0.1, 0.15) is 0 Å². The average Bonchev–Trinajstić information content (AvgIpc) is 2.87. The van der Waals surface area contributed by atoms with Crippen molar-refractivity contribution >= 4 is 11.6 Å². The first-order chi connectivity index (χ1) is 5.83. The van der Waals surface area contributed by atoms with Crippen LogP contribution in [-0.4, -0.2) is 19.0 Å². The lowest BCUT2D eigenvalue weighted by molar-refractivity contribution is 0.524. The van der Waals surface area contributed by atoms with Crippen molar-refractivity contribution in [2.24, 2.45) is 11.8 Å². The van der Waals surface area contributed by atoms with E-state index in [2.05, 4.69) is 12.2 Å². The van der Waals surface area contributed by atoms with E-state index in [4.69, 9.17) is 11.6 Å². The molecule has 0 spiro atoms. The lowest BCUT2D eigenvalue weighted by atomic mass is 10.1. The molecule has 0 saturated heterocycles. The van der Waals surface area contributed by atoms with E-state index in [9.17, 15) is 0 Å². The first-order valence-corrected chi connectivity index (χ1v) is 5.63.